The molecule has 7 atom stereocenters. The zero-order valence-corrected chi connectivity index (χ0v) is 39.1. The minimum Gasteiger partial charge on any atom is -0.491 e. The number of nitrogens with zero attached hydrogens (tertiary/aromatic N) is 4. The SMILES string of the molecule is COC(=O)[C@@H](NC(=O)N1C(=O)[C@@]2(c3ccccc31)[C@H](C(=O)N1CCN(Cc3ccc4c(c3)OCO4)CC1)[C@H]1C(=O)O[C@H](c3ccccc3)[C@H](c3ccccc3)N1[C@@H]2c1ccccc1OCCO)C(C)C. The molecule has 10 rings (SSSR count). The lowest BCUT2D eigenvalue weighted by Crippen LogP contribution is -2.59. The lowest BCUT2D eigenvalue weighted by Gasteiger charge is -2.46. The van der Waals surface area contributed by atoms with E-state index in [9.17, 15) is 14.7 Å². The normalized spacial score (nSPS) is 24.3. The molecule has 3 saturated heterocycles. The van der Waals surface area contributed by atoms with Crippen LogP contribution in [0.25, 0.3) is 0 Å². The first kappa shape index (κ1) is 46.5. The van der Waals surface area contributed by atoms with Gasteiger partial charge in [-0.1, -0.05) is 117 Å². The number of aliphatic hydroxyl groups is 1. The molecule has 5 heterocycles. The van der Waals surface area contributed by atoms with Crippen LogP contribution in [0.1, 0.15) is 59.9 Å². The zero-order valence-electron chi connectivity index (χ0n) is 39.1. The number of amides is 4. The summed E-state index contributed by atoms with van der Waals surface area (Å²) in [6, 6.07) is 33.3. The topological polar surface area (TPSA) is 177 Å². The molecular weight excluding hydrogens is 895 g/mol. The van der Waals surface area contributed by atoms with E-state index in [0.29, 0.717) is 53.6 Å². The molecule has 0 saturated carbocycles. The van der Waals surface area contributed by atoms with E-state index in [2.05, 4.69) is 10.2 Å². The number of morpholine rings is 1. The molecule has 0 aromatic heterocycles. The van der Waals surface area contributed by atoms with E-state index in [1.807, 2.05) is 89.8 Å². The third-order valence-electron chi connectivity index (χ3n) is 14.3. The highest BCUT2D eigenvalue weighted by Crippen LogP contribution is 2.66. The number of piperazine rings is 1. The van der Waals surface area contributed by atoms with Crippen LogP contribution in [-0.2, 0) is 40.6 Å². The molecule has 362 valence electrons. The number of carbonyl (C=O) groups excluding carboxylic acids is 5. The standard InChI is InChI=1S/C54H55N5O11/c1-33(2)44(50(62)66-3)55-53(65)58-39-20-12-11-19-38(39)54(52(58)64)43(49(61)57-26-24-56(25-27-57)31-34-22-23-41-42(30-34)69-32-68-41)46-51(63)70-47(36-16-8-5-9-17-36)45(35-14-6-4-7-15-35)59(46)48(54)37-18-10-13-21-40(37)67-29-28-60/h4-23,30,33,43-48,60H,24-29,31-32H2,1-3H3,(H,55,65)/t43-,44-,45-,46-,47+,48+,54-/m0/s1. The van der Waals surface area contributed by atoms with Crippen molar-refractivity contribution in [1.82, 2.24) is 20.0 Å². The maximum atomic E-state index is 16.6. The van der Waals surface area contributed by atoms with Crippen molar-refractivity contribution < 1.29 is 52.8 Å². The summed E-state index contributed by atoms with van der Waals surface area (Å²) >= 11 is 0. The van der Waals surface area contributed by atoms with Gasteiger partial charge >= 0.3 is 18.0 Å². The van der Waals surface area contributed by atoms with Gasteiger partial charge in [0.25, 0.3) is 0 Å². The van der Waals surface area contributed by atoms with E-state index in [-0.39, 0.29) is 38.8 Å². The second-order valence-corrected chi connectivity index (χ2v) is 18.5. The summed E-state index contributed by atoms with van der Waals surface area (Å²) in [6.07, 6.45) is -0.927. The highest BCUT2D eigenvalue weighted by atomic mass is 16.7. The van der Waals surface area contributed by atoms with E-state index in [1.165, 1.54) is 7.11 Å². The number of benzene rings is 5. The summed E-state index contributed by atoms with van der Waals surface area (Å²) in [5.74, 6) is -2.88. The minimum absolute atomic E-state index is 0.0982. The van der Waals surface area contributed by atoms with E-state index < -0.39 is 77.3 Å². The monoisotopic (exact) mass is 949 g/mol. The average Bonchev–Trinajstić information content (AvgIpc) is 4.06. The van der Waals surface area contributed by atoms with Crippen molar-refractivity contribution in [3.63, 3.8) is 0 Å². The van der Waals surface area contributed by atoms with E-state index in [4.69, 9.17) is 23.7 Å². The third kappa shape index (κ3) is 7.89. The predicted octanol–water partition coefficient (Wildman–Crippen LogP) is 5.70. The van der Waals surface area contributed by atoms with Gasteiger partial charge in [-0.2, -0.15) is 0 Å². The van der Waals surface area contributed by atoms with Crippen molar-refractivity contribution in [2.24, 2.45) is 11.8 Å². The van der Waals surface area contributed by atoms with Gasteiger partial charge in [0, 0.05) is 38.3 Å². The molecule has 4 amide bonds. The van der Waals surface area contributed by atoms with E-state index in [0.717, 1.165) is 16.0 Å². The number of nitrogens with one attached hydrogen (secondary N) is 1. The largest absolute Gasteiger partial charge is 0.491 e. The number of methoxy groups -OCH3 is 1. The molecule has 2 N–H and O–H groups in total. The molecule has 5 aliphatic rings. The number of fused-ring (bicyclic) bond motifs is 4. The Morgan fingerprint density at radius 1 is 0.800 bits per heavy atom. The Balaban J connectivity index is 1.17. The van der Waals surface area contributed by atoms with Crippen LogP contribution in [0.2, 0.25) is 0 Å². The van der Waals surface area contributed by atoms with Crippen LogP contribution in [0, 0.1) is 11.8 Å². The summed E-state index contributed by atoms with van der Waals surface area (Å²) in [6.45, 7) is 5.32. The van der Waals surface area contributed by atoms with Gasteiger partial charge in [0.2, 0.25) is 18.6 Å². The second-order valence-electron chi connectivity index (χ2n) is 18.5. The number of cyclic esters (lactones) is 1. The van der Waals surface area contributed by atoms with Gasteiger partial charge in [-0.05, 0) is 52.4 Å². The molecule has 3 fully saturated rings. The molecule has 0 radical (unpaired) electrons. The summed E-state index contributed by atoms with van der Waals surface area (Å²) in [5.41, 5.74) is 1.41. The van der Waals surface area contributed by atoms with Gasteiger partial charge in [-0.15, -0.1) is 0 Å². The molecule has 5 aliphatic heterocycles. The van der Waals surface area contributed by atoms with Crippen LogP contribution >= 0.6 is 0 Å². The number of esters is 2. The maximum absolute atomic E-state index is 16.6. The molecule has 5 aromatic carbocycles. The van der Waals surface area contributed by atoms with Crippen molar-refractivity contribution in [2.45, 2.75) is 56.1 Å². The fourth-order valence-electron chi connectivity index (χ4n) is 11.3. The molecule has 5 aromatic rings. The van der Waals surface area contributed by atoms with Crippen LogP contribution in [0.5, 0.6) is 17.2 Å². The Labute approximate surface area is 405 Å². The van der Waals surface area contributed by atoms with Gasteiger partial charge in [-0.3, -0.25) is 24.2 Å². The number of anilines is 1. The van der Waals surface area contributed by atoms with E-state index in [1.54, 1.807) is 61.2 Å². The van der Waals surface area contributed by atoms with E-state index >= 15 is 14.4 Å². The highest BCUT2D eigenvalue weighted by Gasteiger charge is 2.76. The van der Waals surface area contributed by atoms with Crippen LogP contribution in [0.3, 0.4) is 0 Å². The number of ether oxygens (including phenoxy) is 5. The van der Waals surface area contributed by atoms with Crippen molar-refractivity contribution in [3.05, 3.63) is 155 Å². The van der Waals surface area contributed by atoms with Gasteiger partial charge in [0.1, 0.15) is 36.0 Å². The second kappa shape index (κ2) is 19.3. The number of carbonyl (C=O) groups is 5. The number of aliphatic hydroxyl groups excluding tert-OH is 1. The number of urea groups is 1. The zero-order chi connectivity index (χ0) is 48.7. The van der Waals surface area contributed by atoms with Crippen molar-refractivity contribution in [3.8, 4) is 17.2 Å². The van der Waals surface area contributed by atoms with Gasteiger partial charge in [-0.25, -0.2) is 14.5 Å². The lowest BCUT2D eigenvalue weighted by atomic mass is 9.65. The molecule has 1 spiro atoms. The Kier molecular flexibility index (Phi) is 12.8. The first-order valence-electron chi connectivity index (χ1n) is 23.7. The predicted molar refractivity (Wildman–Crippen MR) is 255 cm³/mol. The van der Waals surface area contributed by atoms with Crippen molar-refractivity contribution in [2.75, 3.05) is 58.2 Å². The Morgan fingerprint density at radius 2 is 1.47 bits per heavy atom. The summed E-state index contributed by atoms with van der Waals surface area (Å²) < 4.78 is 29.2. The quantitative estimate of drug-likeness (QED) is 0.146. The van der Waals surface area contributed by atoms with Gasteiger partial charge < -0.3 is 39.0 Å². The van der Waals surface area contributed by atoms with Crippen LogP contribution in [0.4, 0.5) is 10.5 Å². The Bertz CT molecular complexity index is 2790. The van der Waals surface area contributed by atoms with Gasteiger partial charge in [0.15, 0.2) is 11.5 Å². The molecule has 0 unspecified atom stereocenters. The smallest absolute Gasteiger partial charge is 0.329 e. The molecule has 16 heteroatoms. The first-order valence-corrected chi connectivity index (χ1v) is 23.7. The Morgan fingerprint density at radius 3 is 2.19 bits per heavy atom. The Hall–Kier alpha value is -7.27. The molecule has 0 bridgehead atoms. The van der Waals surface area contributed by atoms with Gasteiger partial charge in [0.05, 0.1) is 37.4 Å². The number of rotatable bonds is 12. The number of hydrogen-bond donors (Lipinski definition) is 2. The number of imide groups is 1. The molecule has 16 nitrogen and oxygen atoms in total. The third-order valence-corrected chi connectivity index (χ3v) is 14.3. The van der Waals surface area contributed by atoms with Crippen molar-refractivity contribution >= 4 is 35.5 Å². The maximum Gasteiger partial charge on any atom is 0.329 e. The van der Waals surface area contributed by atoms with Crippen molar-refractivity contribution in [1.29, 1.82) is 0 Å². The van der Waals surface area contributed by atoms with Crippen LogP contribution < -0.4 is 24.4 Å². The first-order chi connectivity index (χ1) is 34.1. The molecule has 70 heavy (non-hydrogen) atoms. The van der Waals surface area contributed by atoms with Crippen LogP contribution in [0.15, 0.2) is 127 Å². The highest BCUT2D eigenvalue weighted by molar-refractivity contribution is 6.25. The summed E-state index contributed by atoms with van der Waals surface area (Å²) in [5, 5.41) is 12.9. The molecule has 0 aliphatic carbocycles. The fraction of sp³-hybridized carbons (Fsp3) is 0.352. The number of para-hydroxylation sites is 2. The fourth-order valence-corrected chi connectivity index (χ4v) is 11.3. The summed E-state index contributed by atoms with van der Waals surface area (Å²) in [4.78, 5) is 83.4. The number of hydrogen-bond acceptors (Lipinski definition) is 13. The summed E-state index contributed by atoms with van der Waals surface area (Å²) in [7, 11) is 1.23. The molecular formula is C54H55N5O11. The van der Waals surface area contributed by atoms with Crippen LogP contribution in [-0.4, -0.2) is 115 Å². The lowest BCUT2D eigenvalue weighted by molar-refractivity contribution is -0.179. The minimum atomic E-state index is -2.02. The average molecular weight is 950 g/mol.